The zero-order valence-corrected chi connectivity index (χ0v) is 19.9. The zero-order valence-electron chi connectivity index (χ0n) is 19.1. The molecule has 2 aromatic heterocycles. The molecule has 0 amide bonds. The first kappa shape index (κ1) is 21.6. The van der Waals surface area contributed by atoms with Gasteiger partial charge in [0.15, 0.2) is 11.0 Å². The average molecular weight is 457 g/mol. The number of unbranched alkanes of at least 4 members (excludes halogenated alkanes) is 1. The predicted molar refractivity (Wildman–Crippen MR) is 137 cm³/mol. The maximum atomic E-state index is 5.27. The van der Waals surface area contributed by atoms with Gasteiger partial charge in [0.1, 0.15) is 5.75 Å². The van der Waals surface area contributed by atoms with Crippen LogP contribution >= 0.6 is 11.8 Å². The van der Waals surface area contributed by atoms with E-state index >= 15 is 0 Å². The summed E-state index contributed by atoms with van der Waals surface area (Å²) >= 11 is 1.79. The summed E-state index contributed by atoms with van der Waals surface area (Å²) in [6, 6.07) is 25.4. The molecule has 0 fully saturated rings. The summed E-state index contributed by atoms with van der Waals surface area (Å²) in [5.41, 5.74) is 3.70. The van der Waals surface area contributed by atoms with Gasteiger partial charge in [-0.15, -0.1) is 10.2 Å². The molecule has 168 valence electrons. The number of fused-ring (bicyclic) bond motifs is 3. The monoisotopic (exact) mass is 456 g/mol. The minimum atomic E-state index is 0.845. The van der Waals surface area contributed by atoms with E-state index in [9.17, 15) is 0 Å². The van der Waals surface area contributed by atoms with Crippen molar-refractivity contribution in [2.45, 2.75) is 38.0 Å². The Kier molecular flexibility index (Phi) is 6.35. The van der Waals surface area contributed by atoms with Gasteiger partial charge in [-0.05, 0) is 56.2 Å². The Balaban J connectivity index is 1.24. The van der Waals surface area contributed by atoms with Crippen molar-refractivity contribution in [3.63, 3.8) is 0 Å². The number of nitrogens with zero attached hydrogens (tertiary/aromatic N) is 4. The lowest BCUT2D eigenvalue weighted by Crippen LogP contribution is -2.01. The molecule has 5 aromatic rings. The fraction of sp³-hybridized carbons (Fsp3) is 0.259. The highest BCUT2D eigenvalue weighted by atomic mass is 32.2. The highest BCUT2D eigenvalue weighted by Crippen LogP contribution is 2.30. The Morgan fingerprint density at radius 3 is 2.09 bits per heavy atom. The van der Waals surface area contributed by atoms with E-state index in [1.165, 1.54) is 21.8 Å². The minimum absolute atomic E-state index is 0.845. The van der Waals surface area contributed by atoms with Crippen LogP contribution in [0.15, 0.2) is 78.0 Å². The van der Waals surface area contributed by atoms with Crippen molar-refractivity contribution >= 4 is 33.6 Å². The van der Waals surface area contributed by atoms with Crippen LogP contribution < -0.4 is 4.74 Å². The van der Waals surface area contributed by atoms with E-state index < -0.39 is 0 Å². The van der Waals surface area contributed by atoms with E-state index in [4.69, 9.17) is 4.74 Å². The molecule has 6 heteroatoms. The van der Waals surface area contributed by atoms with Crippen molar-refractivity contribution in [2.75, 3.05) is 12.9 Å². The quantitative estimate of drug-likeness (QED) is 0.184. The molecule has 33 heavy (non-hydrogen) atoms. The van der Waals surface area contributed by atoms with E-state index in [1.807, 2.05) is 24.3 Å². The van der Waals surface area contributed by atoms with Gasteiger partial charge in [-0.25, -0.2) is 0 Å². The molecule has 3 aromatic carbocycles. The van der Waals surface area contributed by atoms with Gasteiger partial charge in [-0.2, -0.15) is 0 Å². The standard InChI is InChI=1S/C27H28N4OS/c1-3-30-26(20-14-16-21(32-2)17-15-20)28-29-27(30)33-19-9-8-18-31-24-12-6-4-10-22(24)23-11-5-7-13-25(23)31/h4-7,10-17H,3,8-9,18-19H2,1-2H3. The van der Waals surface area contributed by atoms with E-state index in [0.29, 0.717) is 0 Å². The van der Waals surface area contributed by atoms with Crippen molar-refractivity contribution in [3.8, 4) is 17.1 Å². The van der Waals surface area contributed by atoms with Gasteiger partial charge in [0.05, 0.1) is 7.11 Å². The normalized spacial score (nSPS) is 11.5. The van der Waals surface area contributed by atoms with Crippen molar-refractivity contribution in [1.82, 2.24) is 19.3 Å². The summed E-state index contributed by atoms with van der Waals surface area (Å²) in [6.07, 6.45) is 2.25. The molecule has 5 nitrogen and oxygen atoms in total. The average Bonchev–Trinajstić information content (AvgIpc) is 3.43. The summed E-state index contributed by atoms with van der Waals surface area (Å²) in [7, 11) is 1.68. The molecule has 5 rings (SSSR count). The Hall–Kier alpha value is -3.25. The number of methoxy groups -OCH3 is 1. The smallest absolute Gasteiger partial charge is 0.191 e. The second-order valence-corrected chi connectivity index (χ2v) is 9.08. The van der Waals surface area contributed by atoms with Crippen molar-refractivity contribution in [1.29, 1.82) is 0 Å². The maximum Gasteiger partial charge on any atom is 0.191 e. The number of thioether (sulfide) groups is 1. The first-order chi connectivity index (χ1) is 16.3. The Bertz CT molecular complexity index is 1320. The van der Waals surface area contributed by atoms with Gasteiger partial charge >= 0.3 is 0 Å². The third-order valence-corrected chi connectivity index (χ3v) is 7.12. The lowest BCUT2D eigenvalue weighted by Gasteiger charge is -2.09. The van der Waals surface area contributed by atoms with Gasteiger partial charge in [0, 0.05) is 46.2 Å². The minimum Gasteiger partial charge on any atom is -0.497 e. The van der Waals surface area contributed by atoms with Crippen LogP contribution in [0, 0.1) is 0 Å². The van der Waals surface area contributed by atoms with Crippen molar-refractivity contribution < 1.29 is 4.74 Å². The number of hydrogen-bond acceptors (Lipinski definition) is 4. The highest BCUT2D eigenvalue weighted by Gasteiger charge is 2.13. The van der Waals surface area contributed by atoms with Crippen LogP contribution in [0.25, 0.3) is 33.2 Å². The number of aryl methyl sites for hydroxylation is 1. The lowest BCUT2D eigenvalue weighted by atomic mass is 10.2. The summed E-state index contributed by atoms with van der Waals surface area (Å²) in [4.78, 5) is 0. The molecule has 0 unspecified atom stereocenters. The van der Waals surface area contributed by atoms with Gasteiger partial charge in [-0.1, -0.05) is 48.2 Å². The third-order valence-electron chi connectivity index (χ3n) is 6.07. The Morgan fingerprint density at radius 1 is 0.788 bits per heavy atom. The van der Waals surface area contributed by atoms with Crippen molar-refractivity contribution in [3.05, 3.63) is 72.8 Å². The van der Waals surface area contributed by atoms with E-state index in [0.717, 1.165) is 54.0 Å². The molecule has 0 bridgehead atoms. The van der Waals surface area contributed by atoms with Crippen LogP contribution in [-0.2, 0) is 13.1 Å². The van der Waals surface area contributed by atoms with Crippen molar-refractivity contribution in [2.24, 2.45) is 0 Å². The summed E-state index contributed by atoms with van der Waals surface area (Å²) < 4.78 is 9.93. The molecule has 0 aliphatic heterocycles. The van der Waals surface area contributed by atoms with E-state index in [-0.39, 0.29) is 0 Å². The number of hydrogen-bond donors (Lipinski definition) is 0. The summed E-state index contributed by atoms with van der Waals surface area (Å²) in [5, 5.41) is 12.6. The molecule has 0 aliphatic rings. The van der Waals surface area contributed by atoms with Crippen LogP contribution in [0.5, 0.6) is 5.75 Å². The predicted octanol–water partition coefficient (Wildman–Crippen LogP) is 6.65. The number of rotatable bonds is 9. The first-order valence-corrected chi connectivity index (χ1v) is 12.4. The summed E-state index contributed by atoms with van der Waals surface area (Å²) in [6.45, 7) is 4.01. The molecule has 0 N–H and O–H groups in total. The number of para-hydroxylation sites is 2. The Labute approximate surface area is 198 Å². The van der Waals surface area contributed by atoms with Crippen LogP contribution in [0.2, 0.25) is 0 Å². The maximum absolute atomic E-state index is 5.27. The molecule has 0 spiro atoms. The molecule has 0 saturated heterocycles. The fourth-order valence-corrected chi connectivity index (χ4v) is 5.41. The molecule has 0 atom stereocenters. The van der Waals surface area contributed by atoms with Crippen LogP contribution in [0.3, 0.4) is 0 Å². The van der Waals surface area contributed by atoms with Crippen LogP contribution in [0.4, 0.5) is 0 Å². The van der Waals surface area contributed by atoms with Gasteiger partial charge in [0.25, 0.3) is 0 Å². The van der Waals surface area contributed by atoms with Gasteiger partial charge in [-0.3, -0.25) is 0 Å². The fourth-order valence-electron chi connectivity index (χ4n) is 4.41. The largest absolute Gasteiger partial charge is 0.497 e. The van der Waals surface area contributed by atoms with E-state index in [2.05, 4.69) is 74.8 Å². The number of benzene rings is 3. The molecule has 0 saturated carbocycles. The van der Waals surface area contributed by atoms with E-state index in [1.54, 1.807) is 18.9 Å². The van der Waals surface area contributed by atoms with Crippen LogP contribution in [-0.4, -0.2) is 32.2 Å². The second-order valence-electron chi connectivity index (χ2n) is 8.02. The second kappa shape index (κ2) is 9.71. The summed E-state index contributed by atoms with van der Waals surface area (Å²) in [5.74, 6) is 2.78. The third kappa shape index (κ3) is 4.23. The lowest BCUT2D eigenvalue weighted by molar-refractivity contribution is 0.415. The first-order valence-electron chi connectivity index (χ1n) is 11.5. The number of ether oxygens (including phenoxy) is 1. The Morgan fingerprint density at radius 2 is 1.45 bits per heavy atom. The van der Waals surface area contributed by atoms with Gasteiger partial charge < -0.3 is 13.9 Å². The zero-order chi connectivity index (χ0) is 22.6. The number of aromatic nitrogens is 4. The molecule has 2 heterocycles. The SMILES string of the molecule is CCn1c(SCCCCn2c3ccccc3c3ccccc32)nnc1-c1ccc(OC)cc1. The topological polar surface area (TPSA) is 44.9 Å². The molecular weight excluding hydrogens is 428 g/mol. The highest BCUT2D eigenvalue weighted by molar-refractivity contribution is 7.99. The molecular formula is C27H28N4OS. The molecule has 0 radical (unpaired) electrons. The van der Waals surface area contributed by atoms with Crippen LogP contribution in [0.1, 0.15) is 19.8 Å². The molecule has 0 aliphatic carbocycles. The van der Waals surface area contributed by atoms with Gasteiger partial charge in [0.2, 0.25) is 0 Å².